The molecule has 1 N–H and O–H groups in total. The summed E-state index contributed by atoms with van der Waals surface area (Å²) >= 11 is 0. The van der Waals surface area contributed by atoms with Gasteiger partial charge in [0.15, 0.2) is 0 Å². The van der Waals surface area contributed by atoms with Gasteiger partial charge < -0.3 is 9.84 Å². The third-order valence-electron chi connectivity index (χ3n) is 4.89. The van der Waals surface area contributed by atoms with Crippen molar-refractivity contribution in [3.8, 4) is 0 Å². The number of aliphatic hydroxyl groups is 1. The normalized spacial score (nSPS) is 27.8. The summed E-state index contributed by atoms with van der Waals surface area (Å²) in [5.41, 5.74) is 2.17. The van der Waals surface area contributed by atoms with Crippen LogP contribution in [-0.2, 0) is 4.74 Å². The van der Waals surface area contributed by atoms with Crippen LogP contribution in [0.4, 0.5) is 0 Å². The van der Waals surface area contributed by atoms with E-state index in [1.807, 2.05) is 24.3 Å². The Bertz CT molecular complexity index is 424. The van der Waals surface area contributed by atoms with Crippen LogP contribution in [0.3, 0.4) is 0 Å². The molecule has 2 heteroatoms. The summed E-state index contributed by atoms with van der Waals surface area (Å²) in [6.07, 6.45) is 3.47. The summed E-state index contributed by atoms with van der Waals surface area (Å²) in [5, 5.41) is 10.3. The number of aryl methyl sites for hydroxylation is 1. The molecule has 2 rings (SSSR count). The molecule has 1 aromatic rings. The summed E-state index contributed by atoms with van der Waals surface area (Å²) in [6.45, 7) is 9.34. The van der Waals surface area contributed by atoms with Crippen LogP contribution in [0.25, 0.3) is 0 Å². The number of aliphatic hydroxyl groups excluding tert-OH is 1. The van der Waals surface area contributed by atoms with E-state index in [0.717, 1.165) is 17.9 Å². The van der Waals surface area contributed by atoms with Gasteiger partial charge in [-0.25, -0.2) is 0 Å². The highest BCUT2D eigenvalue weighted by atomic mass is 16.5. The average molecular weight is 290 g/mol. The van der Waals surface area contributed by atoms with Crippen molar-refractivity contribution in [2.24, 2.45) is 17.8 Å². The average Bonchev–Trinajstić information content (AvgIpc) is 2.45. The lowest BCUT2D eigenvalue weighted by atomic mass is 9.75. The Kier molecular flexibility index (Phi) is 5.83. The third kappa shape index (κ3) is 4.55. The lowest BCUT2D eigenvalue weighted by molar-refractivity contribution is -0.0697. The van der Waals surface area contributed by atoms with Crippen LogP contribution in [-0.4, -0.2) is 17.8 Å². The first-order chi connectivity index (χ1) is 9.97. The molecule has 4 atom stereocenters. The SMILES string of the molecule is Cc1ccc(C(O)COC2CC(C)CCC2C(C)C)cc1. The van der Waals surface area contributed by atoms with Gasteiger partial charge in [-0.2, -0.15) is 0 Å². The van der Waals surface area contributed by atoms with Crippen molar-refractivity contribution in [1.29, 1.82) is 0 Å². The standard InChI is InChI=1S/C19H30O2/c1-13(2)17-10-7-15(4)11-19(17)21-12-18(20)16-8-5-14(3)6-9-16/h5-6,8-9,13,15,17-20H,7,10-12H2,1-4H3. The number of hydrogen-bond acceptors (Lipinski definition) is 2. The molecular weight excluding hydrogens is 260 g/mol. The lowest BCUT2D eigenvalue weighted by Gasteiger charge is -2.37. The second kappa shape index (κ2) is 7.42. The van der Waals surface area contributed by atoms with Gasteiger partial charge in [-0.3, -0.25) is 0 Å². The molecule has 0 saturated heterocycles. The molecule has 0 aliphatic heterocycles. The van der Waals surface area contributed by atoms with E-state index in [4.69, 9.17) is 4.74 Å². The second-order valence-electron chi connectivity index (χ2n) is 7.12. The van der Waals surface area contributed by atoms with Crippen molar-refractivity contribution in [2.75, 3.05) is 6.61 Å². The van der Waals surface area contributed by atoms with Crippen molar-refractivity contribution in [1.82, 2.24) is 0 Å². The van der Waals surface area contributed by atoms with Crippen molar-refractivity contribution >= 4 is 0 Å². The van der Waals surface area contributed by atoms with Crippen molar-refractivity contribution in [3.05, 3.63) is 35.4 Å². The fraction of sp³-hybridized carbons (Fsp3) is 0.684. The van der Waals surface area contributed by atoms with Gasteiger partial charge in [-0.1, -0.05) is 57.0 Å². The predicted octanol–water partition coefficient (Wildman–Crippen LogP) is 4.51. The van der Waals surface area contributed by atoms with E-state index in [-0.39, 0.29) is 0 Å². The van der Waals surface area contributed by atoms with E-state index in [1.54, 1.807) is 0 Å². The highest BCUT2D eigenvalue weighted by molar-refractivity contribution is 5.23. The van der Waals surface area contributed by atoms with Crippen LogP contribution in [0, 0.1) is 24.7 Å². The van der Waals surface area contributed by atoms with E-state index in [1.165, 1.54) is 18.4 Å². The lowest BCUT2D eigenvalue weighted by Crippen LogP contribution is -2.35. The Balaban J connectivity index is 1.91. The number of hydrogen-bond donors (Lipinski definition) is 1. The monoisotopic (exact) mass is 290 g/mol. The Morgan fingerprint density at radius 3 is 2.48 bits per heavy atom. The molecule has 1 aliphatic carbocycles. The highest BCUT2D eigenvalue weighted by Crippen LogP contribution is 2.35. The first-order valence-corrected chi connectivity index (χ1v) is 8.33. The van der Waals surface area contributed by atoms with E-state index >= 15 is 0 Å². The van der Waals surface area contributed by atoms with Gasteiger partial charge in [0, 0.05) is 0 Å². The molecule has 21 heavy (non-hydrogen) atoms. The van der Waals surface area contributed by atoms with Gasteiger partial charge in [-0.05, 0) is 43.1 Å². The van der Waals surface area contributed by atoms with Gasteiger partial charge in [-0.15, -0.1) is 0 Å². The maximum Gasteiger partial charge on any atom is 0.102 e. The van der Waals surface area contributed by atoms with E-state index in [0.29, 0.717) is 24.5 Å². The smallest absolute Gasteiger partial charge is 0.102 e. The molecule has 1 saturated carbocycles. The van der Waals surface area contributed by atoms with E-state index in [9.17, 15) is 5.11 Å². The molecule has 1 fully saturated rings. The number of benzene rings is 1. The summed E-state index contributed by atoms with van der Waals surface area (Å²) in [7, 11) is 0. The molecule has 0 aromatic heterocycles. The van der Waals surface area contributed by atoms with E-state index in [2.05, 4.69) is 27.7 Å². The molecular formula is C19H30O2. The minimum absolute atomic E-state index is 0.300. The van der Waals surface area contributed by atoms with E-state index < -0.39 is 6.10 Å². The van der Waals surface area contributed by atoms with Crippen molar-refractivity contribution in [2.45, 2.75) is 59.2 Å². The van der Waals surface area contributed by atoms with Gasteiger partial charge in [0.25, 0.3) is 0 Å². The molecule has 0 heterocycles. The highest BCUT2D eigenvalue weighted by Gasteiger charge is 2.31. The predicted molar refractivity (Wildman–Crippen MR) is 87.2 cm³/mol. The van der Waals surface area contributed by atoms with Crippen LogP contribution < -0.4 is 0 Å². The van der Waals surface area contributed by atoms with Gasteiger partial charge in [0.05, 0.1) is 12.7 Å². The maximum absolute atomic E-state index is 10.3. The minimum Gasteiger partial charge on any atom is -0.386 e. The molecule has 1 aromatic carbocycles. The van der Waals surface area contributed by atoms with Crippen LogP contribution in [0.1, 0.15) is 57.3 Å². The zero-order chi connectivity index (χ0) is 15.4. The largest absolute Gasteiger partial charge is 0.386 e. The summed E-state index contributed by atoms with van der Waals surface area (Å²) in [5.74, 6) is 2.02. The Morgan fingerprint density at radius 2 is 1.86 bits per heavy atom. The third-order valence-corrected chi connectivity index (χ3v) is 4.89. The molecule has 0 amide bonds. The number of ether oxygens (including phenoxy) is 1. The molecule has 1 aliphatic rings. The summed E-state index contributed by atoms with van der Waals surface area (Å²) < 4.78 is 6.12. The van der Waals surface area contributed by atoms with Gasteiger partial charge >= 0.3 is 0 Å². The van der Waals surface area contributed by atoms with Crippen molar-refractivity contribution < 1.29 is 9.84 Å². The minimum atomic E-state index is -0.518. The van der Waals surface area contributed by atoms with Gasteiger partial charge in [0.1, 0.15) is 6.10 Å². The van der Waals surface area contributed by atoms with Crippen LogP contribution in [0.5, 0.6) is 0 Å². The molecule has 0 radical (unpaired) electrons. The molecule has 2 nitrogen and oxygen atoms in total. The van der Waals surface area contributed by atoms with Crippen LogP contribution in [0.2, 0.25) is 0 Å². The van der Waals surface area contributed by atoms with Crippen LogP contribution >= 0.6 is 0 Å². The summed E-state index contributed by atoms with van der Waals surface area (Å²) in [4.78, 5) is 0. The first kappa shape index (κ1) is 16.5. The maximum atomic E-state index is 10.3. The summed E-state index contributed by atoms with van der Waals surface area (Å²) in [6, 6.07) is 8.07. The fourth-order valence-electron chi connectivity index (χ4n) is 3.41. The zero-order valence-electron chi connectivity index (χ0n) is 13.9. The molecule has 4 unspecified atom stereocenters. The Hall–Kier alpha value is -0.860. The Labute approximate surface area is 129 Å². The van der Waals surface area contributed by atoms with Gasteiger partial charge in [0.2, 0.25) is 0 Å². The zero-order valence-corrected chi connectivity index (χ0v) is 13.9. The molecule has 0 spiro atoms. The topological polar surface area (TPSA) is 29.5 Å². The molecule has 0 bridgehead atoms. The first-order valence-electron chi connectivity index (χ1n) is 8.33. The molecule has 118 valence electrons. The van der Waals surface area contributed by atoms with Crippen LogP contribution in [0.15, 0.2) is 24.3 Å². The second-order valence-corrected chi connectivity index (χ2v) is 7.12. The fourth-order valence-corrected chi connectivity index (χ4v) is 3.41. The Morgan fingerprint density at radius 1 is 1.19 bits per heavy atom. The quantitative estimate of drug-likeness (QED) is 0.865. The van der Waals surface area contributed by atoms with Crippen molar-refractivity contribution in [3.63, 3.8) is 0 Å². The number of rotatable bonds is 5.